The van der Waals surface area contributed by atoms with Gasteiger partial charge in [0.1, 0.15) is 5.82 Å². The van der Waals surface area contributed by atoms with Gasteiger partial charge in [0, 0.05) is 0 Å². The molecule has 4 heteroatoms. The van der Waals surface area contributed by atoms with Gasteiger partial charge in [0.15, 0.2) is 5.96 Å². The third-order valence-corrected chi connectivity index (χ3v) is 4.32. The molecular weight excluding hydrogens is 241 g/mol. The van der Waals surface area contributed by atoms with Crippen LogP contribution in [0.1, 0.15) is 32.1 Å². The number of halogens is 1. The third kappa shape index (κ3) is 2.31. The van der Waals surface area contributed by atoms with Crippen LogP contribution < -0.4 is 10.6 Å². The Balaban J connectivity index is 1.88. The van der Waals surface area contributed by atoms with Gasteiger partial charge in [0.05, 0.1) is 18.3 Å². The number of guanidine groups is 1. The lowest BCUT2D eigenvalue weighted by Gasteiger charge is -2.34. The molecule has 1 heterocycles. The first kappa shape index (κ1) is 12.5. The number of anilines is 1. The fraction of sp³-hybridized carbons (Fsp3) is 0.533. The van der Waals surface area contributed by atoms with Crippen LogP contribution in [-0.4, -0.2) is 18.5 Å². The first-order valence-corrected chi connectivity index (χ1v) is 7.11. The zero-order chi connectivity index (χ0) is 13.2. The van der Waals surface area contributed by atoms with Crippen LogP contribution in [0.5, 0.6) is 0 Å². The van der Waals surface area contributed by atoms with E-state index in [9.17, 15) is 4.39 Å². The van der Waals surface area contributed by atoms with Gasteiger partial charge in [-0.3, -0.25) is 4.99 Å². The molecule has 2 aliphatic rings. The van der Waals surface area contributed by atoms with E-state index in [4.69, 9.17) is 5.73 Å². The molecule has 1 aliphatic carbocycles. The van der Waals surface area contributed by atoms with Gasteiger partial charge in [0.25, 0.3) is 0 Å². The van der Waals surface area contributed by atoms with Crippen LogP contribution in [0.4, 0.5) is 10.1 Å². The summed E-state index contributed by atoms with van der Waals surface area (Å²) in [6, 6.07) is 7.06. The van der Waals surface area contributed by atoms with Crippen molar-refractivity contribution in [3.63, 3.8) is 0 Å². The Kier molecular flexibility index (Phi) is 3.40. The molecule has 1 fully saturated rings. The van der Waals surface area contributed by atoms with Gasteiger partial charge in [-0.2, -0.15) is 0 Å². The monoisotopic (exact) mass is 261 g/mol. The molecule has 0 aromatic heterocycles. The van der Waals surface area contributed by atoms with Crippen molar-refractivity contribution in [1.82, 2.24) is 0 Å². The summed E-state index contributed by atoms with van der Waals surface area (Å²) in [7, 11) is 0. The van der Waals surface area contributed by atoms with Crippen LogP contribution in [0.15, 0.2) is 29.3 Å². The quantitative estimate of drug-likeness (QED) is 0.889. The minimum atomic E-state index is -0.219. The molecule has 1 saturated carbocycles. The number of nitrogens with two attached hydrogens (primary N) is 1. The second-order valence-electron chi connectivity index (χ2n) is 5.49. The lowest BCUT2D eigenvalue weighted by atomic mass is 9.83. The van der Waals surface area contributed by atoms with Gasteiger partial charge < -0.3 is 10.6 Å². The van der Waals surface area contributed by atoms with Crippen LogP contribution >= 0.6 is 0 Å². The Labute approximate surface area is 113 Å². The highest BCUT2D eigenvalue weighted by Crippen LogP contribution is 2.34. The van der Waals surface area contributed by atoms with E-state index in [1.807, 2.05) is 11.0 Å². The summed E-state index contributed by atoms with van der Waals surface area (Å²) >= 11 is 0. The molecule has 2 N–H and O–H groups in total. The largest absolute Gasteiger partial charge is 0.370 e. The highest BCUT2D eigenvalue weighted by molar-refractivity contribution is 5.97. The highest BCUT2D eigenvalue weighted by atomic mass is 19.1. The second-order valence-corrected chi connectivity index (χ2v) is 5.49. The molecule has 0 radical (unpaired) electrons. The van der Waals surface area contributed by atoms with E-state index in [1.54, 1.807) is 12.1 Å². The zero-order valence-electron chi connectivity index (χ0n) is 11.1. The molecule has 0 amide bonds. The van der Waals surface area contributed by atoms with Crippen LogP contribution in [-0.2, 0) is 0 Å². The smallest absolute Gasteiger partial charge is 0.196 e. The number of nitrogens with zero attached hydrogens (tertiary/aromatic N) is 2. The van der Waals surface area contributed by atoms with Gasteiger partial charge >= 0.3 is 0 Å². The Bertz CT molecular complexity index is 480. The molecular formula is C15H20FN3. The van der Waals surface area contributed by atoms with Crippen LogP contribution in [0.2, 0.25) is 0 Å². The minimum absolute atomic E-state index is 0.219. The summed E-state index contributed by atoms with van der Waals surface area (Å²) in [6.45, 7) is 0.699. The molecule has 3 nitrogen and oxygen atoms in total. The average molecular weight is 261 g/mol. The number of benzene rings is 1. The fourth-order valence-electron chi connectivity index (χ4n) is 3.34. The summed E-state index contributed by atoms with van der Waals surface area (Å²) in [5, 5.41) is 0. The molecule has 1 aromatic rings. The van der Waals surface area contributed by atoms with E-state index in [1.165, 1.54) is 38.2 Å². The van der Waals surface area contributed by atoms with E-state index in [2.05, 4.69) is 4.99 Å². The summed E-state index contributed by atoms with van der Waals surface area (Å²) in [6.07, 6.45) is 6.27. The number of aliphatic imine (C=N–C) groups is 1. The van der Waals surface area contributed by atoms with Gasteiger partial charge in [-0.15, -0.1) is 0 Å². The summed E-state index contributed by atoms with van der Waals surface area (Å²) in [5.41, 5.74) is 6.55. The van der Waals surface area contributed by atoms with E-state index >= 15 is 0 Å². The van der Waals surface area contributed by atoms with Crippen molar-refractivity contribution in [3.8, 4) is 0 Å². The van der Waals surface area contributed by atoms with Crippen LogP contribution in [0, 0.1) is 11.7 Å². The number of rotatable bonds is 2. The SMILES string of the molecule is NC1=NCC(C2CCCCC2)N1c1ccccc1F. The van der Waals surface area contributed by atoms with Crippen molar-refractivity contribution in [1.29, 1.82) is 0 Å². The maximum atomic E-state index is 14.0. The van der Waals surface area contributed by atoms with E-state index in [0.717, 1.165) is 0 Å². The van der Waals surface area contributed by atoms with Crippen LogP contribution in [0.25, 0.3) is 0 Å². The van der Waals surface area contributed by atoms with Crippen molar-refractivity contribution in [2.75, 3.05) is 11.4 Å². The molecule has 3 rings (SSSR count). The van der Waals surface area contributed by atoms with Crippen LogP contribution in [0.3, 0.4) is 0 Å². The first-order valence-electron chi connectivity index (χ1n) is 7.11. The maximum Gasteiger partial charge on any atom is 0.196 e. The summed E-state index contributed by atoms with van der Waals surface area (Å²) in [4.78, 5) is 6.25. The highest BCUT2D eigenvalue weighted by Gasteiger charge is 2.35. The van der Waals surface area contributed by atoms with Gasteiger partial charge in [-0.25, -0.2) is 4.39 Å². The predicted molar refractivity (Wildman–Crippen MR) is 75.7 cm³/mol. The minimum Gasteiger partial charge on any atom is -0.370 e. The maximum absolute atomic E-state index is 14.0. The number of para-hydroxylation sites is 1. The summed E-state index contributed by atoms with van der Waals surface area (Å²) in [5.74, 6) is 0.821. The van der Waals surface area contributed by atoms with Crippen molar-refractivity contribution in [2.24, 2.45) is 16.6 Å². The van der Waals surface area contributed by atoms with E-state index < -0.39 is 0 Å². The molecule has 1 aromatic carbocycles. The zero-order valence-corrected chi connectivity index (χ0v) is 11.1. The topological polar surface area (TPSA) is 41.6 Å². The van der Waals surface area contributed by atoms with E-state index in [-0.39, 0.29) is 11.9 Å². The Hall–Kier alpha value is -1.58. The molecule has 0 bridgehead atoms. The summed E-state index contributed by atoms with van der Waals surface area (Å²) < 4.78 is 14.0. The standard InChI is InChI=1S/C15H20FN3/c16-12-8-4-5-9-13(12)19-14(10-18-15(19)17)11-6-2-1-3-7-11/h4-5,8-9,11,14H,1-3,6-7,10H2,(H2,17,18). The van der Waals surface area contributed by atoms with Gasteiger partial charge in [0.2, 0.25) is 0 Å². The van der Waals surface area contributed by atoms with Crippen molar-refractivity contribution < 1.29 is 4.39 Å². The predicted octanol–water partition coefficient (Wildman–Crippen LogP) is 2.91. The third-order valence-electron chi connectivity index (χ3n) is 4.32. The molecule has 102 valence electrons. The Morgan fingerprint density at radius 1 is 1.16 bits per heavy atom. The molecule has 1 atom stereocenters. The molecule has 0 spiro atoms. The second kappa shape index (κ2) is 5.19. The van der Waals surface area contributed by atoms with Crippen molar-refractivity contribution in [3.05, 3.63) is 30.1 Å². The van der Waals surface area contributed by atoms with Gasteiger partial charge in [-0.1, -0.05) is 31.4 Å². The average Bonchev–Trinajstić information content (AvgIpc) is 2.82. The Morgan fingerprint density at radius 2 is 1.89 bits per heavy atom. The van der Waals surface area contributed by atoms with E-state index in [0.29, 0.717) is 24.1 Å². The molecule has 1 aliphatic heterocycles. The molecule has 1 unspecified atom stereocenters. The lowest BCUT2D eigenvalue weighted by molar-refractivity contribution is 0.313. The molecule has 0 saturated heterocycles. The van der Waals surface area contributed by atoms with Gasteiger partial charge in [-0.05, 0) is 30.9 Å². The normalized spacial score (nSPS) is 24.6. The lowest BCUT2D eigenvalue weighted by Crippen LogP contribution is -2.45. The van der Waals surface area contributed by atoms with Crippen molar-refractivity contribution in [2.45, 2.75) is 38.1 Å². The fourth-order valence-corrected chi connectivity index (χ4v) is 3.34. The number of hydrogen-bond acceptors (Lipinski definition) is 3. The molecule has 19 heavy (non-hydrogen) atoms. The van der Waals surface area contributed by atoms with Crippen molar-refractivity contribution >= 4 is 11.6 Å². The number of hydrogen-bond donors (Lipinski definition) is 1. The Morgan fingerprint density at radius 3 is 2.63 bits per heavy atom. The first-order chi connectivity index (χ1) is 9.27.